The number of fused-ring (bicyclic) bond motifs is 2. The largest absolute Gasteiger partial charge is 0.483 e. The van der Waals surface area contributed by atoms with E-state index in [1.807, 2.05) is 62.4 Å². The van der Waals surface area contributed by atoms with E-state index in [0.717, 1.165) is 28.6 Å². The molecule has 0 atom stereocenters. The molecule has 1 amide bonds. The number of aromatic nitrogens is 1. The van der Waals surface area contributed by atoms with Gasteiger partial charge in [-0.3, -0.25) is 9.78 Å². The van der Waals surface area contributed by atoms with Gasteiger partial charge in [-0.2, -0.15) is 0 Å². The van der Waals surface area contributed by atoms with E-state index in [0.29, 0.717) is 11.4 Å². The third-order valence-corrected chi connectivity index (χ3v) is 4.32. The van der Waals surface area contributed by atoms with Crippen LogP contribution in [0.4, 0.5) is 5.69 Å². The highest BCUT2D eigenvalue weighted by Crippen LogP contribution is 2.41. The van der Waals surface area contributed by atoms with Crippen molar-refractivity contribution >= 4 is 22.5 Å². The smallest absolute Gasteiger partial charge is 0.262 e. The maximum Gasteiger partial charge on any atom is 0.262 e. The van der Waals surface area contributed by atoms with E-state index in [9.17, 15) is 4.79 Å². The molecule has 5 nitrogen and oxygen atoms in total. The van der Waals surface area contributed by atoms with E-state index in [2.05, 4.69) is 10.3 Å². The maximum absolute atomic E-state index is 12.4. The summed E-state index contributed by atoms with van der Waals surface area (Å²) in [5.41, 5.74) is 2.28. The average Bonchev–Trinajstić information content (AvgIpc) is 2.94. The Kier molecular flexibility index (Phi) is 3.99. The van der Waals surface area contributed by atoms with Crippen molar-refractivity contribution in [3.63, 3.8) is 0 Å². The second-order valence-corrected chi connectivity index (χ2v) is 7.00. The van der Waals surface area contributed by atoms with Crippen molar-refractivity contribution in [1.82, 2.24) is 4.98 Å². The lowest BCUT2D eigenvalue weighted by Gasteiger charge is -2.18. The highest BCUT2D eigenvalue weighted by Gasteiger charge is 2.32. The zero-order chi connectivity index (χ0) is 18.1. The van der Waals surface area contributed by atoms with Crippen LogP contribution in [0.15, 0.2) is 54.7 Å². The summed E-state index contributed by atoms with van der Waals surface area (Å²) in [5.74, 6) is 1.09. The van der Waals surface area contributed by atoms with Crippen molar-refractivity contribution in [2.45, 2.75) is 25.9 Å². The summed E-state index contributed by atoms with van der Waals surface area (Å²) in [4.78, 5) is 16.7. The molecule has 26 heavy (non-hydrogen) atoms. The molecule has 4 rings (SSSR count). The molecule has 5 heteroatoms. The van der Waals surface area contributed by atoms with Gasteiger partial charge in [0.25, 0.3) is 5.91 Å². The fraction of sp³-hybridized carbons (Fsp3) is 0.238. The van der Waals surface area contributed by atoms with Crippen LogP contribution in [0.5, 0.6) is 11.5 Å². The van der Waals surface area contributed by atoms with Crippen LogP contribution in [0.3, 0.4) is 0 Å². The van der Waals surface area contributed by atoms with Crippen molar-refractivity contribution < 1.29 is 14.3 Å². The fourth-order valence-corrected chi connectivity index (χ4v) is 3.24. The molecule has 0 spiro atoms. The monoisotopic (exact) mass is 348 g/mol. The highest BCUT2D eigenvalue weighted by atomic mass is 16.5. The molecule has 0 bridgehead atoms. The Morgan fingerprint density at radius 1 is 1.19 bits per heavy atom. The summed E-state index contributed by atoms with van der Waals surface area (Å²) < 4.78 is 11.7. The SMILES string of the molecule is CC1(C)Cc2cccc(OCC(=O)Nc3cccc4cccnc34)c2O1. The summed E-state index contributed by atoms with van der Waals surface area (Å²) >= 11 is 0. The Morgan fingerprint density at radius 3 is 2.88 bits per heavy atom. The number of carbonyl (C=O) groups is 1. The first-order chi connectivity index (χ1) is 12.5. The number of rotatable bonds is 4. The molecular formula is C21H20N2O3. The minimum Gasteiger partial charge on any atom is -0.483 e. The number of amides is 1. The van der Waals surface area contributed by atoms with Crippen LogP contribution in [0.25, 0.3) is 10.9 Å². The van der Waals surface area contributed by atoms with Crippen molar-refractivity contribution in [3.8, 4) is 11.5 Å². The van der Waals surface area contributed by atoms with Gasteiger partial charge in [-0.1, -0.05) is 30.3 Å². The molecule has 3 aromatic rings. The van der Waals surface area contributed by atoms with Crippen molar-refractivity contribution in [1.29, 1.82) is 0 Å². The maximum atomic E-state index is 12.4. The second kappa shape index (κ2) is 6.33. The predicted octanol–water partition coefficient (Wildman–Crippen LogP) is 3.97. The van der Waals surface area contributed by atoms with Gasteiger partial charge >= 0.3 is 0 Å². The first-order valence-electron chi connectivity index (χ1n) is 8.59. The molecule has 0 saturated heterocycles. The number of hydrogen-bond donors (Lipinski definition) is 1. The van der Waals surface area contributed by atoms with Gasteiger partial charge in [0.1, 0.15) is 5.60 Å². The van der Waals surface area contributed by atoms with Crippen LogP contribution in [-0.4, -0.2) is 23.1 Å². The van der Waals surface area contributed by atoms with Gasteiger partial charge in [-0.15, -0.1) is 0 Å². The minimum atomic E-state index is -0.251. The van der Waals surface area contributed by atoms with Gasteiger partial charge < -0.3 is 14.8 Å². The molecule has 0 radical (unpaired) electrons. The topological polar surface area (TPSA) is 60.5 Å². The molecule has 0 fully saturated rings. The molecule has 0 saturated carbocycles. The number of benzene rings is 2. The van der Waals surface area contributed by atoms with E-state index in [1.165, 1.54) is 0 Å². The van der Waals surface area contributed by atoms with Gasteiger partial charge in [0.15, 0.2) is 18.1 Å². The number of ether oxygens (including phenoxy) is 2. The zero-order valence-corrected chi connectivity index (χ0v) is 14.8. The Bertz CT molecular complexity index is 977. The summed E-state index contributed by atoms with van der Waals surface area (Å²) in [7, 11) is 0. The summed E-state index contributed by atoms with van der Waals surface area (Å²) in [6.07, 6.45) is 2.54. The Morgan fingerprint density at radius 2 is 2.00 bits per heavy atom. The lowest BCUT2D eigenvalue weighted by atomic mass is 10.0. The first-order valence-corrected chi connectivity index (χ1v) is 8.59. The molecule has 1 aliphatic heterocycles. The number of para-hydroxylation sites is 2. The number of nitrogens with zero attached hydrogens (tertiary/aromatic N) is 1. The van der Waals surface area contributed by atoms with Gasteiger partial charge in [-0.05, 0) is 32.0 Å². The molecule has 2 heterocycles. The fourth-order valence-electron chi connectivity index (χ4n) is 3.24. The molecule has 0 unspecified atom stereocenters. The molecule has 1 aliphatic rings. The number of carbonyl (C=O) groups excluding carboxylic acids is 1. The minimum absolute atomic E-state index is 0.0938. The number of hydrogen-bond acceptors (Lipinski definition) is 4. The zero-order valence-electron chi connectivity index (χ0n) is 14.8. The summed E-state index contributed by atoms with van der Waals surface area (Å²) in [6.45, 7) is 3.98. The van der Waals surface area contributed by atoms with E-state index >= 15 is 0 Å². The van der Waals surface area contributed by atoms with Crippen LogP contribution in [0.2, 0.25) is 0 Å². The Labute approximate surface area is 152 Å². The summed E-state index contributed by atoms with van der Waals surface area (Å²) in [5, 5.41) is 3.85. The third-order valence-electron chi connectivity index (χ3n) is 4.32. The van der Waals surface area contributed by atoms with Crippen LogP contribution >= 0.6 is 0 Å². The Hall–Kier alpha value is -3.08. The molecule has 1 aromatic heterocycles. The van der Waals surface area contributed by atoms with Crippen LogP contribution in [0.1, 0.15) is 19.4 Å². The third kappa shape index (κ3) is 3.20. The van der Waals surface area contributed by atoms with E-state index in [4.69, 9.17) is 9.47 Å². The molecule has 2 aromatic carbocycles. The molecule has 1 N–H and O–H groups in total. The standard InChI is InChI=1S/C21H20N2O3/c1-21(2)12-15-7-4-10-17(20(15)26-21)25-13-18(24)23-16-9-3-6-14-8-5-11-22-19(14)16/h3-11H,12-13H2,1-2H3,(H,23,24). The van der Waals surface area contributed by atoms with E-state index < -0.39 is 0 Å². The summed E-state index contributed by atoms with van der Waals surface area (Å²) in [6, 6.07) is 15.3. The molecule has 0 aliphatic carbocycles. The lowest BCUT2D eigenvalue weighted by molar-refractivity contribution is -0.118. The number of nitrogens with one attached hydrogen (secondary N) is 1. The number of anilines is 1. The quantitative estimate of drug-likeness (QED) is 0.775. The average molecular weight is 348 g/mol. The van der Waals surface area contributed by atoms with E-state index in [1.54, 1.807) is 6.20 Å². The van der Waals surface area contributed by atoms with Gasteiger partial charge in [0.2, 0.25) is 0 Å². The lowest BCUT2D eigenvalue weighted by Crippen LogP contribution is -2.25. The Balaban J connectivity index is 1.46. The van der Waals surface area contributed by atoms with Gasteiger partial charge in [-0.25, -0.2) is 0 Å². The van der Waals surface area contributed by atoms with Gasteiger partial charge in [0.05, 0.1) is 11.2 Å². The van der Waals surface area contributed by atoms with Gasteiger partial charge in [0, 0.05) is 23.6 Å². The molecular weight excluding hydrogens is 328 g/mol. The number of pyridine rings is 1. The van der Waals surface area contributed by atoms with Crippen molar-refractivity contribution in [3.05, 3.63) is 60.3 Å². The van der Waals surface area contributed by atoms with Crippen LogP contribution in [-0.2, 0) is 11.2 Å². The second-order valence-electron chi connectivity index (χ2n) is 7.00. The normalized spacial score (nSPS) is 14.5. The molecule has 132 valence electrons. The van der Waals surface area contributed by atoms with Crippen molar-refractivity contribution in [2.24, 2.45) is 0 Å². The highest BCUT2D eigenvalue weighted by molar-refractivity contribution is 6.00. The van der Waals surface area contributed by atoms with Crippen molar-refractivity contribution in [2.75, 3.05) is 11.9 Å². The van der Waals surface area contributed by atoms with E-state index in [-0.39, 0.29) is 18.1 Å². The first kappa shape index (κ1) is 16.4. The van der Waals surface area contributed by atoms with Crippen LogP contribution in [0, 0.1) is 0 Å². The predicted molar refractivity (Wildman–Crippen MR) is 101 cm³/mol. The van der Waals surface area contributed by atoms with Crippen LogP contribution < -0.4 is 14.8 Å².